The van der Waals surface area contributed by atoms with Gasteiger partial charge in [0.1, 0.15) is 0 Å². The monoisotopic (exact) mass is 191 g/mol. The van der Waals surface area contributed by atoms with E-state index in [1.54, 1.807) is 0 Å². The van der Waals surface area contributed by atoms with Gasteiger partial charge in [0.15, 0.2) is 11.5 Å². The van der Waals surface area contributed by atoms with Crippen molar-refractivity contribution in [3.8, 4) is 0 Å². The third kappa shape index (κ3) is 2.20. The van der Waals surface area contributed by atoms with Gasteiger partial charge in [0, 0.05) is 6.92 Å². The molecule has 0 saturated heterocycles. The lowest BCUT2D eigenvalue weighted by molar-refractivity contribution is -0.141. The molecular formula is C6H4F3N3O. The van der Waals surface area contributed by atoms with E-state index in [0.717, 1.165) is 6.92 Å². The Labute approximate surface area is 70.8 Å². The van der Waals surface area contributed by atoms with Crippen LogP contribution in [0.3, 0.4) is 0 Å². The van der Waals surface area contributed by atoms with Gasteiger partial charge in [-0.15, -0.1) is 5.10 Å². The van der Waals surface area contributed by atoms with Crippen LogP contribution in [0.25, 0.3) is 0 Å². The normalized spacial score (nSPS) is 11.4. The van der Waals surface area contributed by atoms with Gasteiger partial charge in [-0.3, -0.25) is 4.79 Å². The molecule has 0 aliphatic carbocycles. The molecule has 1 aromatic heterocycles. The van der Waals surface area contributed by atoms with Crippen molar-refractivity contribution in [2.45, 2.75) is 13.1 Å². The number of Topliss-reactive ketones (excluding diaryl/α,β-unsaturated/α-hetero) is 1. The van der Waals surface area contributed by atoms with Crippen molar-refractivity contribution in [2.24, 2.45) is 0 Å². The molecule has 0 amide bonds. The Morgan fingerprint density at radius 1 is 1.46 bits per heavy atom. The zero-order valence-electron chi connectivity index (χ0n) is 6.46. The molecule has 0 bridgehead atoms. The van der Waals surface area contributed by atoms with Crippen LogP contribution in [0, 0.1) is 0 Å². The van der Waals surface area contributed by atoms with Crippen LogP contribution in [0.4, 0.5) is 13.2 Å². The van der Waals surface area contributed by atoms with Crippen molar-refractivity contribution in [3.05, 3.63) is 17.7 Å². The maximum Gasteiger partial charge on any atom is 0.435 e. The Hall–Kier alpha value is -1.53. The minimum atomic E-state index is -4.60. The molecule has 0 atom stereocenters. The van der Waals surface area contributed by atoms with Crippen LogP contribution >= 0.6 is 0 Å². The number of halogens is 3. The van der Waals surface area contributed by atoms with Crippen molar-refractivity contribution < 1.29 is 18.0 Å². The largest absolute Gasteiger partial charge is 0.435 e. The lowest BCUT2D eigenvalue weighted by Crippen LogP contribution is -2.13. The number of rotatable bonds is 1. The molecule has 70 valence electrons. The molecule has 0 N–H and O–H groups in total. The molecule has 0 saturated carbocycles. The fraction of sp³-hybridized carbons (Fsp3) is 0.333. The van der Waals surface area contributed by atoms with Gasteiger partial charge < -0.3 is 0 Å². The Morgan fingerprint density at radius 3 is 2.54 bits per heavy atom. The number of carbonyl (C=O) groups excluding carboxylic acids is 1. The lowest BCUT2D eigenvalue weighted by atomic mass is 10.4. The first-order valence-electron chi connectivity index (χ1n) is 3.19. The summed E-state index contributed by atoms with van der Waals surface area (Å²) >= 11 is 0. The van der Waals surface area contributed by atoms with E-state index in [1.807, 2.05) is 0 Å². The van der Waals surface area contributed by atoms with E-state index in [0.29, 0.717) is 6.20 Å². The highest BCUT2D eigenvalue weighted by atomic mass is 19.4. The summed E-state index contributed by atoms with van der Waals surface area (Å²) in [6.45, 7) is 1.07. The van der Waals surface area contributed by atoms with Gasteiger partial charge in [-0.1, -0.05) is 0 Å². The molecule has 0 unspecified atom stereocenters. The number of ketones is 1. The van der Waals surface area contributed by atoms with Crippen LogP contribution in [0.5, 0.6) is 0 Å². The summed E-state index contributed by atoms with van der Waals surface area (Å²) in [5.41, 5.74) is -1.22. The number of aromatic nitrogens is 3. The minimum absolute atomic E-state index is 0.465. The molecule has 1 rings (SSSR count). The number of nitrogens with zero attached hydrogens (tertiary/aromatic N) is 3. The smallest absolute Gasteiger partial charge is 0.291 e. The van der Waals surface area contributed by atoms with Crippen molar-refractivity contribution >= 4 is 5.78 Å². The number of carbonyl (C=O) groups is 1. The van der Waals surface area contributed by atoms with E-state index >= 15 is 0 Å². The van der Waals surface area contributed by atoms with E-state index in [9.17, 15) is 18.0 Å². The molecule has 7 heteroatoms. The summed E-state index contributed by atoms with van der Waals surface area (Å²) in [5.74, 6) is -1.19. The first-order valence-corrected chi connectivity index (χ1v) is 3.19. The number of hydrogen-bond donors (Lipinski definition) is 0. The fourth-order valence-corrected chi connectivity index (χ4v) is 0.589. The van der Waals surface area contributed by atoms with Gasteiger partial charge in [-0.25, -0.2) is 4.98 Å². The third-order valence-corrected chi connectivity index (χ3v) is 1.16. The van der Waals surface area contributed by atoms with E-state index in [4.69, 9.17) is 0 Å². The van der Waals surface area contributed by atoms with Crippen LogP contribution in [0.15, 0.2) is 6.20 Å². The summed E-state index contributed by atoms with van der Waals surface area (Å²) in [6.07, 6.45) is -4.13. The van der Waals surface area contributed by atoms with Crippen LogP contribution in [-0.2, 0) is 6.18 Å². The highest BCUT2D eigenvalue weighted by Gasteiger charge is 2.33. The molecule has 13 heavy (non-hydrogen) atoms. The van der Waals surface area contributed by atoms with Gasteiger partial charge in [0.25, 0.3) is 0 Å². The molecule has 0 fully saturated rings. The number of alkyl halides is 3. The molecule has 0 aliphatic heterocycles. The number of hydrogen-bond acceptors (Lipinski definition) is 4. The molecule has 0 radical (unpaired) electrons. The maximum absolute atomic E-state index is 12.0. The third-order valence-electron chi connectivity index (χ3n) is 1.16. The average Bonchev–Trinajstić information content (AvgIpc) is 2.03. The van der Waals surface area contributed by atoms with Crippen LogP contribution < -0.4 is 0 Å². The van der Waals surface area contributed by atoms with Crippen molar-refractivity contribution in [3.63, 3.8) is 0 Å². The molecule has 1 heterocycles. The van der Waals surface area contributed by atoms with Gasteiger partial charge in [0.05, 0.1) is 6.20 Å². The zero-order valence-corrected chi connectivity index (χ0v) is 6.46. The van der Waals surface area contributed by atoms with Crippen molar-refractivity contribution in [1.82, 2.24) is 15.2 Å². The van der Waals surface area contributed by atoms with Crippen LogP contribution in [-0.4, -0.2) is 21.0 Å². The van der Waals surface area contributed by atoms with E-state index in [-0.39, 0.29) is 0 Å². The van der Waals surface area contributed by atoms with Gasteiger partial charge in [-0.2, -0.15) is 18.3 Å². The highest BCUT2D eigenvalue weighted by Crippen LogP contribution is 2.26. The highest BCUT2D eigenvalue weighted by molar-refractivity contribution is 5.89. The van der Waals surface area contributed by atoms with Gasteiger partial charge >= 0.3 is 6.18 Å². The fourth-order valence-electron chi connectivity index (χ4n) is 0.589. The quantitative estimate of drug-likeness (QED) is 0.623. The Bertz CT molecular complexity index is 336. The lowest BCUT2D eigenvalue weighted by Gasteiger charge is -2.03. The second-order valence-electron chi connectivity index (χ2n) is 2.22. The Balaban J connectivity index is 3.13. The standard InChI is InChI=1S/C6H4F3N3O/c1-3(13)5-11-4(2-10-12-5)6(7,8)9/h2H,1H3. The van der Waals surface area contributed by atoms with E-state index in [1.165, 1.54) is 0 Å². The predicted molar refractivity (Wildman–Crippen MR) is 34.8 cm³/mol. The second-order valence-corrected chi connectivity index (χ2v) is 2.22. The van der Waals surface area contributed by atoms with Gasteiger partial charge in [0.2, 0.25) is 5.82 Å². The second kappa shape index (κ2) is 3.08. The summed E-state index contributed by atoms with van der Waals surface area (Å²) in [6, 6.07) is 0. The average molecular weight is 191 g/mol. The molecular weight excluding hydrogens is 187 g/mol. The first-order chi connectivity index (χ1) is 5.91. The summed E-state index contributed by atoms with van der Waals surface area (Å²) in [7, 11) is 0. The van der Waals surface area contributed by atoms with Crippen LogP contribution in [0.2, 0.25) is 0 Å². The maximum atomic E-state index is 12.0. The molecule has 1 aromatic rings. The van der Waals surface area contributed by atoms with E-state index < -0.39 is 23.5 Å². The van der Waals surface area contributed by atoms with Crippen molar-refractivity contribution in [2.75, 3.05) is 0 Å². The summed E-state index contributed by atoms with van der Waals surface area (Å²) in [4.78, 5) is 13.6. The first kappa shape index (κ1) is 9.56. The summed E-state index contributed by atoms with van der Waals surface area (Å²) in [5, 5.41) is 6.16. The Kier molecular flexibility index (Phi) is 2.26. The van der Waals surface area contributed by atoms with Crippen molar-refractivity contribution in [1.29, 1.82) is 0 Å². The Morgan fingerprint density at radius 2 is 2.08 bits per heavy atom. The summed E-state index contributed by atoms with van der Waals surface area (Å²) < 4.78 is 36.0. The predicted octanol–water partition coefficient (Wildman–Crippen LogP) is 1.09. The molecule has 0 aromatic carbocycles. The topological polar surface area (TPSA) is 55.7 Å². The molecule has 0 spiro atoms. The van der Waals surface area contributed by atoms with Crippen LogP contribution in [0.1, 0.15) is 23.2 Å². The molecule has 0 aliphatic rings. The molecule has 4 nitrogen and oxygen atoms in total. The van der Waals surface area contributed by atoms with Gasteiger partial charge in [-0.05, 0) is 0 Å². The zero-order chi connectivity index (χ0) is 10.1. The van der Waals surface area contributed by atoms with E-state index in [2.05, 4.69) is 15.2 Å². The SMILES string of the molecule is CC(=O)c1nncc(C(F)(F)F)n1. The minimum Gasteiger partial charge on any atom is -0.291 e.